The SMILES string of the molecule is Cc1cc(=O)n(Cc2ccc(F)cc2)c2c1c(C)nn2-c1ccccc1. The van der Waals surface area contributed by atoms with E-state index >= 15 is 0 Å². The second-order valence-electron chi connectivity index (χ2n) is 6.41. The van der Waals surface area contributed by atoms with Crippen molar-refractivity contribution in [3.63, 3.8) is 0 Å². The Kier molecular flexibility index (Phi) is 3.92. The summed E-state index contributed by atoms with van der Waals surface area (Å²) < 4.78 is 16.7. The van der Waals surface area contributed by atoms with Crippen LogP contribution in [-0.4, -0.2) is 14.3 Å². The van der Waals surface area contributed by atoms with Gasteiger partial charge in [0.1, 0.15) is 11.5 Å². The second kappa shape index (κ2) is 6.26. The van der Waals surface area contributed by atoms with Crippen molar-refractivity contribution in [2.75, 3.05) is 0 Å². The number of pyridine rings is 1. The molecule has 0 radical (unpaired) electrons. The van der Waals surface area contributed by atoms with Crippen molar-refractivity contribution >= 4 is 11.0 Å². The van der Waals surface area contributed by atoms with E-state index in [9.17, 15) is 9.18 Å². The molecule has 0 aliphatic rings. The summed E-state index contributed by atoms with van der Waals surface area (Å²) in [6.07, 6.45) is 0. The molecule has 130 valence electrons. The number of aromatic nitrogens is 3. The molecule has 0 bridgehead atoms. The third-order valence-electron chi connectivity index (χ3n) is 4.55. The van der Waals surface area contributed by atoms with Gasteiger partial charge >= 0.3 is 0 Å². The normalized spacial score (nSPS) is 11.2. The molecule has 0 unspecified atom stereocenters. The molecule has 0 amide bonds. The zero-order valence-electron chi connectivity index (χ0n) is 14.6. The van der Waals surface area contributed by atoms with Crippen LogP contribution in [0.2, 0.25) is 0 Å². The molecule has 4 aromatic rings. The average Bonchev–Trinajstić information content (AvgIpc) is 2.99. The lowest BCUT2D eigenvalue weighted by Crippen LogP contribution is -2.22. The number of aryl methyl sites for hydroxylation is 2. The fourth-order valence-corrected chi connectivity index (χ4v) is 3.34. The van der Waals surface area contributed by atoms with Gasteiger partial charge in [-0.15, -0.1) is 0 Å². The van der Waals surface area contributed by atoms with Crippen molar-refractivity contribution in [1.29, 1.82) is 0 Å². The van der Waals surface area contributed by atoms with Gasteiger partial charge in [0, 0.05) is 11.5 Å². The summed E-state index contributed by atoms with van der Waals surface area (Å²) in [5.74, 6) is -0.291. The van der Waals surface area contributed by atoms with Gasteiger partial charge in [0.15, 0.2) is 0 Å². The van der Waals surface area contributed by atoms with Crippen molar-refractivity contribution in [3.05, 3.63) is 93.7 Å². The zero-order chi connectivity index (χ0) is 18.3. The predicted octanol–water partition coefficient (Wildman–Crippen LogP) is 3.99. The van der Waals surface area contributed by atoms with E-state index in [1.165, 1.54) is 12.1 Å². The quantitative estimate of drug-likeness (QED) is 0.562. The fourth-order valence-electron chi connectivity index (χ4n) is 3.34. The summed E-state index contributed by atoms with van der Waals surface area (Å²) in [4.78, 5) is 12.8. The molecular formula is C21H18FN3O. The van der Waals surface area contributed by atoms with Crippen molar-refractivity contribution in [2.24, 2.45) is 0 Å². The summed E-state index contributed by atoms with van der Waals surface area (Å²) in [5.41, 5.74) is 4.18. The Balaban J connectivity index is 2.00. The average molecular weight is 347 g/mol. The first-order chi connectivity index (χ1) is 12.5. The maximum absolute atomic E-state index is 13.2. The van der Waals surface area contributed by atoms with Crippen LogP contribution in [0.15, 0.2) is 65.5 Å². The van der Waals surface area contributed by atoms with Gasteiger partial charge in [0.25, 0.3) is 5.56 Å². The Labute approximate surface area is 150 Å². The Morgan fingerprint density at radius 2 is 1.69 bits per heavy atom. The van der Waals surface area contributed by atoms with E-state index < -0.39 is 0 Å². The number of hydrogen-bond donors (Lipinski definition) is 0. The van der Waals surface area contributed by atoms with Crippen LogP contribution in [0.4, 0.5) is 4.39 Å². The molecule has 2 aromatic heterocycles. The van der Waals surface area contributed by atoms with Crippen molar-refractivity contribution in [1.82, 2.24) is 14.3 Å². The largest absolute Gasteiger partial charge is 0.288 e. The van der Waals surface area contributed by atoms with Gasteiger partial charge in [0.2, 0.25) is 0 Å². The summed E-state index contributed by atoms with van der Waals surface area (Å²) in [6, 6.07) is 17.6. The Morgan fingerprint density at radius 3 is 2.38 bits per heavy atom. The van der Waals surface area contributed by atoms with Gasteiger partial charge in [-0.1, -0.05) is 30.3 Å². The third-order valence-corrected chi connectivity index (χ3v) is 4.55. The number of benzene rings is 2. The molecule has 0 aliphatic heterocycles. The van der Waals surface area contributed by atoms with E-state index in [1.807, 2.05) is 48.9 Å². The van der Waals surface area contributed by atoms with Gasteiger partial charge < -0.3 is 0 Å². The molecule has 0 saturated carbocycles. The number of para-hydroxylation sites is 1. The molecule has 2 heterocycles. The molecule has 4 rings (SSSR count). The molecule has 26 heavy (non-hydrogen) atoms. The highest BCUT2D eigenvalue weighted by atomic mass is 19.1. The topological polar surface area (TPSA) is 39.8 Å². The smallest absolute Gasteiger partial charge is 0.252 e. The minimum absolute atomic E-state index is 0.101. The maximum Gasteiger partial charge on any atom is 0.252 e. The van der Waals surface area contributed by atoms with E-state index in [0.29, 0.717) is 6.54 Å². The molecule has 2 aromatic carbocycles. The van der Waals surface area contributed by atoms with E-state index in [-0.39, 0.29) is 11.4 Å². The monoisotopic (exact) mass is 347 g/mol. The maximum atomic E-state index is 13.2. The van der Waals surface area contributed by atoms with Crippen LogP contribution in [0.1, 0.15) is 16.8 Å². The van der Waals surface area contributed by atoms with Crippen LogP contribution in [-0.2, 0) is 6.54 Å². The number of hydrogen-bond acceptors (Lipinski definition) is 2. The highest BCUT2D eigenvalue weighted by Crippen LogP contribution is 2.24. The molecule has 0 fully saturated rings. The first-order valence-electron chi connectivity index (χ1n) is 8.44. The summed E-state index contributed by atoms with van der Waals surface area (Å²) in [5, 5.41) is 5.64. The predicted molar refractivity (Wildman–Crippen MR) is 100 cm³/mol. The summed E-state index contributed by atoms with van der Waals surface area (Å²) in [7, 11) is 0. The Bertz CT molecular complexity index is 1140. The molecule has 0 atom stereocenters. The highest BCUT2D eigenvalue weighted by molar-refractivity contribution is 5.83. The number of halogens is 1. The summed E-state index contributed by atoms with van der Waals surface area (Å²) >= 11 is 0. The van der Waals surface area contributed by atoms with Crippen LogP contribution in [0.25, 0.3) is 16.7 Å². The lowest BCUT2D eigenvalue weighted by atomic mass is 10.1. The van der Waals surface area contributed by atoms with Crippen molar-refractivity contribution < 1.29 is 4.39 Å². The van der Waals surface area contributed by atoms with Crippen LogP contribution in [0, 0.1) is 19.7 Å². The molecule has 0 aliphatic carbocycles. The Morgan fingerprint density at radius 1 is 1.00 bits per heavy atom. The molecule has 0 saturated heterocycles. The first kappa shape index (κ1) is 16.3. The van der Waals surface area contributed by atoms with Gasteiger partial charge in [-0.3, -0.25) is 9.36 Å². The first-order valence-corrected chi connectivity index (χ1v) is 8.44. The standard InChI is InChI=1S/C21H18FN3O/c1-14-12-19(26)24(13-16-8-10-17(22)11-9-16)21-20(14)15(2)23-25(21)18-6-4-3-5-7-18/h3-12H,13H2,1-2H3. The fraction of sp³-hybridized carbons (Fsp3) is 0.143. The number of rotatable bonds is 3. The third kappa shape index (κ3) is 2.71. The molecule has 5 heteroatoms. The lowest BCUT2D eigenvalue weighted by Gasteiger charge is -2.12. The molecule has 4 nitrogen and oxygen atoms in total. The van der Waals surface area contributed by atoms with Gasteiger partial charge in [-0.25, -0.2) is 9.07 Å². The van der Waals surface area contributed by atoms with E-state index in [0.717, 1.165) is 33.5 Å². The van der Waals surface area contributed by atoms with E-state index in [4.69, 9.17) is 0 Å². The molecule has 0 spiro atoms. The molecule has 0 N–H and O–H groups in total. The minimum atomic E-state index is -0.291. The van der Waals surface area contributed by atoms with Gasteiger partial charge in [-0.2, -0.15) is 5.10 Å². The van der Waals surface area contributed by atoms with E-state index in [1.54, 1.807) is 22.8 Å². The van der Waals surface area contributed by atoms with Crippen LogP contribution in [0.3, 0.4) is 0 Å². The Hall–Kier alpha value is -3.21. The number of nitrogens with zero attached hydrogens (tertiary/aromatic N) is 3. The van der Waals surface area contributed by atoms with Crippen LogP contribution < -0.4 is 5.56 Å². The molecular weight excluding hydrogens is 329 g/mol. The minimum Gasteiger partial charge on any atom is -0.288 e. The second-order valence-corrected chi connectivity index (χ2v) is 6.41. The van der Waals surface area contributed by atoms with Gasteiger partial charge in [-0.05, 0) is 49.2 Å². The van der Waals surface area contributed by atoms with Gasteiger partial charge in [0.05, 0.1) is 17.9 Å². The lowest BCUT2D eigenvalue weighted by molar-refractivity contribution is 0.626. The van der Waals surface area contributed by atoms with Crippen molar-refractivity contribution in [2.45, 2.75) is 20.4 Å². The van der Waals surface area contributed by atoms with E-state index in [2.05, 4.69) is 5.10 Å². The number of fused-ring (bicyclic) bond motifs is 1. The van der Waals surface area contributed by atoms with Crippen LogP contribution >= 0.6 is 0 Å². The van der Waals surface area contributed by atoms with Crippen molar-refractivity contribution in [3.8, 4) is 5.69 Å². The highest BCUT2D eigenvalue weighted by Gasteiger charge is 2.17. The zero-order valence-corrected chi connectivity index (χ0v) is 14.6. The van der Waals surface area contributed by atoms with Crippen LogP contribution in [0.5, 0.6) is 0 Å². The summed E-state index contributed by atoms with van der Waals surface area (Å²) in [6.45, 7) is 4.23.